The molecule has 1 aliphatic rings. The van der Waals surface area contributed by atoms with Crippen LogP contribution in [-0.4, -0.2) is 20.6 Å². The van der Waals surface area contributed by atoms with Gasteiger partial charge in [0.05, 0.1) is 16.6 Å². The molecule has 0 aliphatic heterocycles. The van der Waals surface area contributed by atoms with Gasteiger partial charge in [-0.15, -0.1) is 0 Å². The monoisotopic (exact) mass is 288 g/mol. The highest BCUT2D eigenvalue weighted by atomic mass is 16.4. The average molecular weight is 288 g/mol. The van der Waals surface area contributed by atoms with E-state index in [-0.39, 0.29) is 17.1 Å². The molecule has 1 aromatic heterocycles. The number of rotatable bonds is 4. The van der Waals surface area contributed by atoms with E-state index in [9.17, 15) is 19.5 Å². The Balaban J connectivity index is 2.28. The van der Waals surface area contributed by atoms with Gasteiger partial charge in [-0.05, 0) is 31.4 Å². The van der Waals surface area contributed by atoms with Crippen molar-refractivity contribution in [1.82, 2.24) is 9.55 Å². The predicted octanol–water partition coefficient (Wildman–Crippen LogP) is 1.75. The van der Waals surface area contributed by atoms with Gasteiger partial charge >= 0.3 is 17.1 Å². The van der Waals surface area contributed by atoms with E-state index in [0.29, 0.717) is 11.4 Å². The maximum atomic E-state index is 12.2. The fraction of sp³-hybridized carbons (Fsp3) is 0.400. The van der Waals surface area contributed by atoms with E-state index in [1.165, 1.54) is 10.6 Å². The second-order valence-corrected chi connectivity index (χ2v) is 5.66. The van der Waals surface area contributed by atoms with E-state index in [1.54, 1.807) is 12.1 Å². The Labute approximate surface area is 120 Å². The van der Waals surface area contributed by atoms with Gasteiger partial charge in [-0.1, -0.05) is 18.9 Å². The Hall–Kier alpha value is -2.37. The lowest BCUT2D eigenvalue weighted by molar-refractivity contribution is 0.0698. The summed E-state index contributed by atoms with van der Waals surface area (Å²) in [4.78, 5) is 37.7. The summed E-state index contributed by atoms with van der Waals surface area (Å²) in [7, 11) is 0. The smallest absolute Gasteiger partial charge is 0.337 e. The first-order valence-corrected chi connectivity index (χ1v) is 7.00. The molecule has 0 saturated heterocycles. The van der Waals surface area contributed by atoms with E-state index in [2.05, 4.69) is 4.98 Å². The third-order valence-electron chi connectivity index (χ3n) is 4.00. The zero-order valence-electron chi connectivity index (χ0n) is 11.6. The van der Waals surface area contributed by atoms with E-state index >= 15 is 0 Å². The molecule has 2 aromatic rings. The number of aromatic nitrogens is 2. The van der Waals surface area contributed by atoms with Crippen LogP contribution in [-0.2, 0) is 0 Å². The third kappa shape index (κ3) is 2.37. The van der Waals surface area contributed by atoms with Gasteiger partial charge in [0.15, 0.2) is 0 Å². The number of carboxylic acids is 1. The van der Waals surface area contributed by atoms with Crippen LogP contribution in [0.25, 0.3) is 11.0 Å². The van der Waals surface area contributed by atoms with Crippen molar-refractivity contribution in [3.8, 4) is 0 Å². The molecule has 110 valence electrons. The average Bonchev–Trinajstić information content (AvgIpc) is 3.23. The van der Waals surface area contributed by atoms with Crippen molar-refractivity contribution in [2.24, 2.45) is 5.92 Å². The zero-order valence-corrected chi connectivity index (χ0v) is 11.6. The maximum Gasteiger partial charge on any atom is 0.337 e. The number of fused-ring (bicyclic) bond motifs is 1. The molecule has 1 aromatic carbocycles. The normalized spacial score (nSPS) is 16.0. The number of H-pyrrole nitrogens is 1. The first-order valence-electron chi connectivity index (χ1n) is 7.00. The van der Waals surface area contributed by atoms with Crippen LogP contribution in [0.5, 0.6) is 0 Å². The molecule has 0 amide bonds. The molecule has 1 fully saturated rings. The molecule has 0 spiro atoms. The van der Waals surface area contributed by atoms with Crippen LogP contribution in [0.1, 0.15) is 42.6 Å². The second-order valence-electron chi connectivity index (χ2n) is 5.66. The predicted molar refractivity (Wildman–Crippen MR) is 77.8 cm³/mol. The molecule has 6 heteroatoms. The van der Waals surface area contributed by atoms with Crippen molar-refractivity contribution in [3.05, 3.63) is 44.5 Å². The van der Waals surface area contributed by atoms with Crippen molar-refractivity contribution in [2.75, 3.05) is 0 Å². The molecular weight excluding hydrogens is 272 g/mol. The highest BCUT2D eigenvalue weighted by molar-refractivity contribution is 6.00. The highest BCUT2D eigenvalue weighted by Gasteiger charge is 2.26. The summed E-state index contributed by atoms with van der Waals surface area (Å²) in [5.74, 6) is -0.528. The zero-order chi connectivity index (χ0) is 15.1. The lowest BCUT2D eigenvalue weighted by Crippen LogP contribution is -2.38. The molecule has 1 atom stereocenters. The Morgan fingerprint density at radius 2 is 2.14 bits per heavy atom. The molecule has 1 aliphatic carbocycles. The number of para-hydroxylation sites is 1. The maximum absolute atomic E-state index is 12.2. The topological polar surface area (TPSA) is 92.2 Å². The molecule has 1 heterocycles. The first kappa shape index (κ1) is 13.6. The number of hydrogen-bond acceptors (Lipinski definition) is 3. The third-order valence-corrected chi connectivity index (χ3v) is 4.00. The summed E-state index contributed by atoms with van der Waals surface area (Å²) in [6, 6.07) is 4.55. The van der Waals surface area contributed by atoms with Crippen molar-refractivity contribution >= 4 is 17.0 Å². The minimum Gasteiger partial charge on any atom is -0.478 e. The van der Waals surface area contributed by atoms with Crippen LogP contribution in [0, 0.1) is 5.92 Å². The van der Waals surface area contributed by atoms with Crippen molar-refractivity contribution in [3.63, 3.8) is 0 Å². The van der Waals surface area contributed by atoms with Crippen molar-refractivity contribution < 1.29 is 9.90 Å². The molecule has 1 saturated carbocycles. The lowest BCUT2D eigenvalue weighted by atomic mass is 10.1. The SMILES string of the molecule is CC(CC1CC1)n1c(=O)c(=O)[nH]c2c(C(=O)O)cccc21. The van der Waals surface area contributed by atoms with Gasteiger partial charge in [0.1, 0.15) is 0 Å². The van der Waals surface area contributed by atoms with E-state index < -0.39 is 17.1 Å². The number of hydrogen-bond donors (Lipinski definition) is 2. The standard InChI is InChI=1S/C15H16N2O4/c1-8(7-9-5-6-9)17-11-4-2-3-10(15(20)21)12(11)16-13(18)14(17)19/h2-4,8-9H,5-7H2,1H3,(H,16,18)(H,20,21). The molecule has 0 bridgehead atoms. The number of aromatic carboxylic acids is 1. The van der Waals surface area contributed by atoms with Gasteiger partial charge in [0, 0.05) is 6.04 Å². The fourth-order valence-corrected chi connectivity index (χ4v) is 2.82. The van der Waals surface area contributed by atoms with Crippen LogP contribution in [0.15, 0.2) is 27.8 Å². The van der Waals surface area contributed by atoms with Crippen molar-refractivity contribution in [2.45, 2.75) is 32.2 Å². The molecule has 1 unspecified atom stereocenters. The van der Waals surface area contributed by atoms with Crippen molar-refractivity contribution in [1.29, 1.82) is 0 Å². The Kier molecular flexibility index (Phi) is 3.16. The van der Waals surface area contributed by atoms with Crippen LogP contribution in [0.4, 0.5) is 0 Å². The first-order chi connectivity index (χ1) is 9.99. The molecule has 0 radical (unpaired) electrons. The van der Waals surface area contributed by atoms with Gasteiger partial charge < -0.3 is 10.1 Å². The number of carbonyl (C=O) groups is 1. The van der Waals surface area contributed by atoms with Crippen LogP contribution >= 0.6 is 0 Å². The Morgan fingerprint density at radius 1 is 1.43 bits per heavy atom. The van der Waals surface area contributed by atoms with E-state index in [4.69, 9.17) is 0 Å². The summed E-state index contributed by atoms with van der Waals surface area (Å²) < 4.78 is 1.43. The molecule has 21 heavy (non-hydrogen) atoms. The summed E-state index contributed by atoms with van der Waals surface area (Å²) >= 11 is 0. The number of carboxylic acid groups (broad SMARTS) is 1. The Morgan fingerprint density at radius 3 is 2.76 bits per heavy atom. The van der Waals surface area contributed by atoms with Gasteiger partial charge in [-0.25, -0.2) is 4.79 Å². The van der Waals surface area contributed by atoms with E-state index in [0.717, 1.165) is 19.3 Å². The number of benzene rings is 1. The summed E-state index contributed by atoms with van der Waals surface area (Å²) in [5.41, 5.74) is -0.737. The molecule has 3 rings (SSSR count). The Bertz CT molecular complexity index is 830. The van der Waals surface area contributed by atoms with Crippen LogP contribution < -0.4 is 11.1 Å². The van der Waals surface area contributed by atoms with Gasteiger partial charge in [-0.3, -0.25) is 14.2 Å². The number of nitrogens with one attached hydrogen (secondary N) is 1. The molecule has 6 nitrogen and oxygen atoms in total. The molecular formula is C15H16N2O4. The number of nitrogens with zero attached hydrogens (tertiary/aromatic N) is 1. The summed E-state index contributed by atoms with van der Waals surface area (Å²) in [6.45, 7) is 1.89. The quantitative estimate of drug-likeness (QED) is 0.838. The minimum absolute atomic E-state index is 0.00280. The van der Waals surface area contributed by atoms with Crippen LogP contribution in [0.3, 0.4) is 0 Å². The molecule has 2 N–H and O–H groups in total. The van der Waals surface area contributed by atoms with Gasteiger partial charge in [-0.2, -0.15) is 0 Å². The fourth-order valence-electron chi connectivity index (χ4n) is 2.82. The minimum atomic E-state index is -1.13. The van der Waals surface area contributed by atoms with Gasteiger partial charge in [0.25, 0.3) is 0 Å². The summed E-state index contributed by atoms with van der Waals surface area (Å²) in [6.07, 6.45) is 3.14. The van der Waals surface area contributed by atoms with E-state index in [1.807, 2.05) is 6.92 Å². The number of aromatic amines is 1. The lowest BCUT2D eigenvalue weighted by Gasteiger charge is -2.17. The van der Waals surface area contributed by atoms with Gasteiger partial charge in [0.2, 0.25) is 0 Å². The second kappa shape index (κ2) is 4.87. The summed E-state index contributed by atoms with van der Waals surface area (Å²) in [5, 5.41) is 9.22. The highest BCUT2D eigenvalue weighted by Crippen LogP contribution is 2.36. The van der Waals surface area contributed by atoms with Crippen LogP contribution in [0.2, 0.25) is 0 Å². The largest absolute Gasteiger partial charge is 0.478 e.